The number of amides is 2. The van der Waals surface area contributed by atoms with Crippen molar-refractivity contribution in [2.45, 2.75) is 39.8 Å². The van der Waals surface area contributed by atoms with E-state index < -0.39 is 6.04 Å². The van der Waals surface area contributed by atoms with Crippen LogP contribution < -0.4 is 10.1 Å². The molecule has 1 unspecified atom stereocenters. The number of carbonyl (C=O) groups excluding carboxylic acids is 2. The molecule has 0 heterocycles. The summed E-state index contributed by atoms with van der Waals surface area (Å²) in [7, 11) is 0. The molecule has 0 saturated heterocycles. The van der Waals surface area contributed by atoms with E-state index in [2.05, 4.69) is 5.32 Å². The average Bonchev–Trinajstić information content (AvgIpc) is 2.85. The first-order valence-electron chi connectivity index (χ1n) is 11.9. The van der Waals surface area contributed by atoms with Crippen molar-refractivity contribution in [2.75, 3.05) is 13.2 Å². The smallest absolute Gasteiger partial charge is 0.261 e. The van der Waals surface area contributed by atoms with Crippen LogP contribution in [0.25, 0.3) is 0 Å². The van der Waals surface area contributed by atoms with Crippen molar-refractivity contribution in [1.82, 2.24) is 10.2 Å². The standard InChI is InChI=1S/C29H33FN2O3/c1-21(2)18-31-29(34)27(17-23-9-5-4-6-10-23)32(19-24-12-14-25(30)15-13-24)28(33)20-35-26-11-7-8-22(3)16-26/h4-16,21,27H,17-20H2,1-3H3,(H,31,34). The van der Waals surface area contributed by atoms with Crippen molar-refractivity contribution in [3.63, 3.8) is 0 Å². The molecule has 3 aromatic carbocycles. The van der Waals surface area contributed by atoms with E-state index in [-0.39, 0.29) is 36.7 Å². The second-order valence-electron chi connectivity index (χ2n) is 9.10. The first kappa shape index (κ1) is 25.9. The highest BCUT2D eigenvalue weighted by Gasteiger charge is 2.30. The van der Waals surface area contributed by atoms with Gasteiger partial charge in [-0.25, -0.2) is 4.39 Å². The van der Waals surface area contributed by atoms with Gasteiger partial charge in [-0.05, 0) is 53.8 Å². The monoisotopic (exact) mass is 476 g/mol. The molecule has 0 fully saturated rings. The molecule has 0 aliphatic rings. The van der Waals surface area contributed by atoms with Crippen LogP contribution in [0.3, 0.4) is 0 Å². The predicted octanol–water partition coefficient (Wildman–Crippen LogP) is 4.93. The maximum Gasteiger partial charge on any atom is 0.261 e. The largest absolute Gasteiger partial charge is 0.484 e. The second kappa shape index (κ2) is 12.7. The molecule has 35 heavy (non-hydrogen) atoms. The van der Waals surface area contributed by atoms with E-state index in [0.717, 1.165) is 16.7 Å². The molecule has 1 N–H and O–H groups in total. The van der Waals surface area contributed by atoms with E-state index in [1.54, 1.807) is 18.2 Å². The van der Waals surface area contributed by atoms with Gasteiger partial charge in [-0.3, -0.25) is 9.59 Å². The summed E-state index contributed by atoms with van der Waals surface area (Å²) in [6.45, 7) is 6.43. The summed E-state index contributed by atoms with van der Waals surface area (Å²) in [6, 6.07) is 22.3. The van der Waals surface area contributed by atoms with Crippen molar-refractivity contribution < 1.29 is 18.7 Å². The van der Waals surface area contributed by atoms with E-state index in [9.17, 15) is 14.0 Å². The summed E-state index contributed by atoms with van der Waals surface area (Å²) in [5.74, 6) is -0.0545. The Balaban J connectivity index is 1.89. The van der Waals surface area contributed by atoms with Gasteiger partial charge in [0.2, 0.25) is 5.91 Å². The quantitative estimate of drug-likeness (QED) is 0.427. The Morgan fingerprint density at radius 3 is 2.31 bits per heavy atom. The zero-order valence-electron chi connectivity index (χ0n) is 20.5. The molecular formula is C29H33FN2O3. The van der Waals surface area contributed by atoms with Crippen molar-refractivity contribution >= 4 is 11.8 Å². The van der Waals surface area contributed by atoms with Crippen LogP contribution in [0, 0.1) is 18.7 Å². The lowest BCUT2D eigenvalue weighted by atomic mass is 10.0. The Labute approximate surface area is 206 Å². The van der Waals surface area contributed by atoms with Gasteiger partial charge in [0.1, 0.15) is 17.6 Å². The third-order valence-electron chi connectivity index (χ3n) is 5.57. The SMILES string of the molecule is Cc1cccc(OCC(=O)N(Cc2ccc(F)cc2)C(Cc2ccccc2)C(=O)NCC(C)C)c1. The van der Waals surface area contributed by atoms with Gasteiger partial charge in [0.25, 0.3) is 5.91 Å². The number of halogens is 1. The van der Waals surface area contributed by atoms with Crippen LogP contribution in [0.4, 0.5) is 4.39 Å². The van der Waals surface area contributed by atoms with Gasteiger partial charge < -0.3 is 15.0 Å². The molecule has 0 radical (unpaired) electrons. The van der Waals surface area contributed by atoms with Crippen LogP contribution >= 0.6 is 0 Å². The Morgan fingerprint density at radius 2 is 1.66 bits per heavy atom. The lowest BCUT2D eigenvalue weighted by Gasteiger charge is -2.31. The molecule has 0 aliphatic carbocycles. The summed E-state index contributed by atoms with van der Waals surface area (Å²) < 4.78 is 19.3. The van der Waals surface area contributed by atoms with E-state index in [1.807, 2.05) is 69.3 Å². The lowest BCUT2D eigenvalue weighted by Crippen LogP contribution is -2.52. The molecular weight excluding hydrogens is 443 g/mol. The third-order valence-corrected chi connectivity index (χ3v) is 5.57. The minimum atomic E-state index is -0.755. The van der Waals surface area contributed by atoms with Crippen molar-refractivity contribution in [1.29, 1.82) is 0 Å². The summed E-state index contributed by atoms with van der Waals surface area (Å²) >= 11 is 0. The number of benzene rings is 3. The summed E-state index contributed by atoms with van der Waals surface area (Å²) in [5.41, 5.74) is 2.69. The van der Waals surface area contributed by atoms with Crippen LogP contribution in [0.2, 0.25) is 0 Å². The molecule has 0 aromatic heterocycles. The summed E-state index contributed by atoms with van der Waals surface area (Å²) in [4.78, 5) is 28.4. The number of ether oxygens (including phenoxy) is 1. The number of nitrogens with zero attached hydrogens (tertiary/aromatic N) is 1. The van der Waals surface area contributed by atoms with Crippen LogP contribution in [0.1, 0.15) is 30.5 Å². The van der Waals surface area contributed by atoms with Gasteiger partial charge >= 0.3 is 0 Å². The predicted molar refractivity (Wildman–Crippen MR) is 135 cm³/mol. The van der Waals surface area contributed by atoms with Gasteiger partial charge in [0, 0.05) is 19.5 Å². The van der Waals surface area contributed by atoms with Gasteiger partial charge in [-0.1, -0.05) is 68.4 Å². The Hall–Kier alpha value is -3.67. The fourth-order valence-corrected chi connectivity index (χ4v) is 3.70. The summed E-state index contributed by atoms with van der Waals surface area (Å²) in [5, 5.41) is 2.98. The molecule has 0 bridgehead atoms. The van der Waals surface area contributed by atoms with E-state index >= 15 is 0 Å². The minimum absolute atomic E-state index is 0.156. The Kier molecular flexibility index (Phi) is 9.41. The van der Waals surface area contributed by atoms with E-state index in [1.165, 1.54) is 17.0 Å². The molecule has 0 aliphatic heterocycles. The molecule has 2 amide bonds. The maximum absolute atomic E-state index is 13.5. The average molecular weight is 477 g/mol. The number of hydrogen-bond acceptors (Lipinski definition) is 3. The molecule has 6 heteroatoms. The van der Waals surface area contributed by atoms with Crippen molar-refractivity contribution in [3.8, 4) is 5.75 Å². The van der Waals surface area contributed by atoms with Crippen LogP contribution in [-0.4, -0.2) is 35.9 Å². The molecule has 3 rings (SSSR count). The van der Waals surface area contributed by atoms with Crippen LogP contribution in [-0.2, 0) is 22.6 Å². The normalized spacial score (nSPS) is 11.7. The van der Waals surface area contributed by atoms with E-state index in [0.29, 0.717) is 18.7 Å². The first-order valence-corrected chi connectivity index (χ1v) is 11.9. The molecule has 5 nitrogen and oxygen atoms in total. The highest BCUT2D eigenvalue weighted by Crippen LogP contribution is 2.17. The van der Waals surface area contributed by atoms with Crippen molar-refractivity contribution in [3.05, 3.63) is 101 Å². The van der Waals surface area contributed by atoms with Crippen LogP contribution in [0.5, 0.6) is 5.75 Å². The summed E-state index contributed by atoms with van der Waals surface area (Å²) in [6.07, 6.45) is 0.349. The highest BCUT2D eigenvalue weighted by molar-refractivity contribution is 5.88. The number of rotatable bonds is 11. The maximum atomic E-state index is 13.5. The molecule has 0 spiro atoms. The molecule has 3 aromatic rings. The zero-order valence-corrected chi connectivity index (χ0v) is 20.5. The molecule has 1 atom stereocenters. The number of nitrogens with one attached hydrogen (secondary N) is 1. The fourth-order valence-electron chi connectivity index (χ4n) is 3.70. The number of carbonyl (C=O) groups is 2. The lowest BCUT2D eigenvalue weighted by molar-refractivity contribution is -0.142. The Bertz CT molecular complexity index is 1100. The van der Waals surface area contributed by atoms with Gasteiger partial charge in [-0.15, -0.1) is 0 Å². The molecule has 184 valence electrons. The molecule has 0 saturated carbocycles. The van der Waals surface area contributed by atoms with Crippen molar-refractivity contribution in [2.24, 2.45) is 5.92 Å². The number of aryl methyl sites for hydroxylation is 1. The third kappa shape index (κ3) is 8.25. The van der Waals surface area contributed by atoms with Gasteiger partial charge in [0.15, 0.2) is 6.61 Å². The van der Waals surface area contributed by atoms with Gasteiger partial charge in [0.05, 0.1) is 0 Å². The highest BCUT2D eigenvalue weighted by atomic mass is 19.1. The number of hydrogen-bond donors (Lipinski definition) is 1. The minimum Gasteiger partial charge on any atom is -0.484 e. The van der Waals surface area contributed by atoms with Crippen LogP contribution in [0.15, 0.2) is 78.9 Å². The van der Waals surface area contributed by atoms with Gasteiger partial charge in [-0.2, -0.15) is 0 Å². The first-order chi connectivity index (χ1) is 16.8. The Morgan fingerprint density at radius 1 is 0.943 bits per heavy atom. The zero-order chi connectivity index (χ0) is 25.2. The topological polar surface area (TPSA) is 58.6 Å². The fraction of sp³-hybridized carbons (Fsp3) is 0.310. The van der Waals surface area contributed by atoms with E-state index in [4.69, 9.17) is 4.74 Å². The second-order valence-corrected chi connectivity index (χ2v) is 9.10.